The van der Waals surface area contributed by atoms with Crippen LogP contribution in [0.5, 0.6) is 0 Å². The molecule has 0 bridgehead atoms. The van der Waals surface area contributed by atoms with Gasteiger partial charge in [-0.05, 0) is 32.4 Å². The number of thiazole rings is 1. The Morgan fingerprint density at radius 3 is 2.88 bits per heavy atom. The lowest BCUT2D eigenvalue weighted by Crippen LogP contribution is -2.52. The monoisotopic (exact) mass is 421 g/mol. The fraction of sp³-hybridized carbons (Fsp3) is 0.412. The van der Waals surface area contributed by atoms with Crippen LogP contribution in [0.3, 0.4) is 0 Å². The van der Waals surface area contributed by atoms with Gasteiger partial charge in [-0.25, -0.2) is 4.98 Å². The number of hydrogen-bond donors (Lipinski definition) is 2. The number of carbonyl (C=O) groups excluding carboxylic acids is 1. The summed E-state index contributed by atoms with van der Waals surface area (Å²) < 4.78 is 0. The molecular weight excluding hydrogens is 401 g/mol. The van der Waals surface area contributed by atoms with E-state index in [0.717, 1.165) is 35.7 Å². The molecule has 1 aromatic heterocycles. The van der Waals surface area contributed by atoms with Gasteiger partial charge in [0.2, 0.25) is 5.91 Å². The minimum Gasteiger partial charge on any atom is -0.351 e. The molecule has 3 rings (SSSR count). The number of nitrogens with one attached hydrogen (secondary N) is 2. The molecule has 1 saturated heterocycles. The third-order valence-corrected chi connectivity index (χ3v) is 5.36. The van der Waals surface area contributed by atoms with Crippen LogP contribution in [-0.2, 0) is 11.2 Å². The number of aromatic nitrogens is 1. The van der Waals surface area contributed by atoms with Crippen LogP contribution in [0.4, 0.5) is 0 Å². The second-order valence-electron chi connectivity index (χ2n) is 5.86. The fourth-order valence-corrected chi connectivity index (χ4v) is 3.95. The molecule has 2 heterocycles. The molecule has 0 spiro atoms. The number of benzene rings is 1. The summed E-state index contributed by atoms with van der Waals surface area (Å²) in [5, 5.41) is 9.97. The van der Waals surface area contributed by atoms with Crippen LogP contribution in [0.1, 0.15) is 25.5 Å². The molecular formula is C17H22Cl3N3OS. The van der Waals surface area contributed by atoms with E-state index >= 15 is 0 Å². The molecule has 0 radical (unpaired) electrons. The van der Waals surface area contributed by atoms with Gasteiger partial charge in [0.25, 0.3) is 0 Å². The molecule has 1 aliphatic rings. The van der Waals surface area contributed by atoms with Gasteiger partial charge in [0.05, 0.1) is 17.1 Å². The van der Waals surface area contributed by atoms with Crippen molar-refractivity contribution in [3.05, 3.63) is 40.4 Å². The van der Waals surface area contributed by atoms with Gasteiger partial charge in [-0.1, -0.05) is 29.8 Å². The third-order valence-electron chi connectivity index (χ3n) is 4.11. The summed E-state index contributed by atoms with van der Waals surface area (Å²) in [6.45, 7) is 3.14. The molecule has 1 aliphatic heterocycles. The third kappa shape index (κ3) is 5.83. The maximum absolute atomic E-state index is 12.2. The lowest BCUT2D eigenvalue weighted by atomic mass is 10.00. The van der Waals surface area contributed by atoms with Crippen molar-refractivity contribution in [2.45, 2.75) is 38.3 Å². The van der Waals surface area contributed by atoms with Crippen LogP contribution in [0.25, 0.3) is 10.6 Å². The molecule has 0 saturated carbocycles. The van der Waals surface area contributed by atoms with Gasteiger partial charge < -0.3 is 10.6 Å². The van der Waals surface area contributed by atoms with Gasteiger partial charge >= 0.3 is 0 Å². The van der Waals surface area contributed by atoms with Gasteiger partial charge in [-0.15, -0.1) is 36.2 Å². The van der Waals surface area contributed by atoms with Crippen molar-refractivity contribution in [2.75, 3.05) is 6.54 Å². The summed E-state index contributed by atoms with van der Waals surface area (Å²) in [5.74, 6) is 0.0292. The maximum atomic E-state index is 12.2. The number of piperidine rings is 1. The van der Waals surface area contributed by atoms with Crippen LogP contribution < -0.4 is 10.6 Å². The molecule has 138 valence electrons. The standard InChI is InChI=1S/C17H20ClN3OS.2ClH/c1-11-15(7-4-8-19-11)21-16(22)9-12-10-23-17(20-12)13-5-2-3-6-14(13)18;;/h2-3,5-6,10-11,15,19H,4,7-9H2,1H3,(H,21,22);2*1H. The Kier molecular flexibility index (Phi) is 9.17. The second kappa shape index (κ2) is 10.3. The lowest BCUT2D eigenvalue weighted by molar-refractivity contribution is -0.121. The minimum atomic E-state index is 0. The van der Waals surface area contributed by atoms with Gasteiger partial charge in [0.15, 0.2) is 0 Å². The summed E-state index contributed by atoms with van der Waals surface area (Å²) in [6.07, 6.45) is 2.44. The topological polar surface area (TPSA) is 54.0 Å². The Morgan fingerprint density at radius 2 is 2.16 bits per heavy atom. The smallest absolute Gasteiger partial charge is 0.226 e. The summed E-state index contributed by atoms with van der Waals surface area (Å²) in [6, 6.07) is 8.15. The average Bonchev–Trinajstić information content (AvgIpc) is 2.98. The SMILES string of the molecule is CC1NCCCC1NC(=O)Cc1csc(-c2ccccc2Cl)n1.Cl.Cl. The zero-order chi connectivity index (χ0) is 16.2. The van der Waals surface area contributed by atoms with E-state index in [-0.39, 0.29) is 36.8 Å². The first-order valence-corrected chi connectivity index (χ1v) is 9.11. The second-order valence-corrected chi connectivity index (χ2v) is 7.12. The largest absolute Gasteiger partial charge is 0.351 e. The Labute approximate surface area is 169 Å². The van der Waals surface area contributed by atoms with Gasteiger partial charge in [-0.3, -0.25) is 4.79 Å². The highest BCUT2D eigenvalue weighted by Gasteiger charge is 2.22. The molecule has 8 heteroatoms. The zero-order valence-electron chi connectivity index (χ0n) is 13.8. The first-order chi connectivity index (χ1) is 11.1. The number of carbonyl (C=O) groups is 1. The molecule has 2 N–H and O–H groups in total. The summed E-state index contributed by atoms with van der Waals surface area (Å²) in [7, 11) is 0. The number of hydrogen-bond acceptors (Lipinski definition) is 4. The molecule has 25 heavy (non-hydrogen) atoms. The fourth-order valence-electron chi connectivity index (χ4n) is 2.81. The van der Waals surface area contributed by atoms with Crippen molar-refractivity contribution in [2.24, 2.45) is 0 Å². The molecule has 1 fully saturated rings. The Morgan fingerprint density at radius 1 is 1.40 bits per heavy atom. The normalized spacial score (nSPS) is 19.4. The average molecular weight is 423 g/mol. The predicted octanol–water partition coefficient (Wildman–Crippen LogP) is 4.11. The van der Waals surface area contributed by atoms with Crippen molar-refractivity contribution < 1.29 is 4.79 Å². The summed E-state index contributed by atoms with van der Waals surface area (Å²) in [5.41, 5.74) is 1.70. The van der Waals surface area contributed by atoms with Crippen molar-refractivity contribution >= 4 is 53.7 Å². The van der Waals surface area contributed by atoms with Crippen LogP contribution in [0.2, 0.25) is 5.02 Å². The summed E-state index contributed by atoms with van der Waals surface area (Å²) >= 11 is 7.72. The zero-order valence-corrected chi connectivity index (χ0v) is 17.0. The molecule has 1 aromatic carbocycles. The van der Waals surface area contributed by atoms with Gasteiger partial charge in [0.1, 0.15) is 5.01 Å². The van der Waals surface area contributed by atoms with E-state index in [0.29, 0.717) is 17.5 Å². The first kappa shape index (κ1) is 22.2. The lowest BCUT2D eigenvalue weighted by Gasteiger charge is -2.30. The summed E-state index contributed by atoms with van der Waals surface area (Å²) in [4.78, 5) is 16.8. The van der Waals surface area contributed by atoms with Crippen LogP contribution >= 0.6 is 47.8 Å². The molecule has 4 nitrogen and oxygen atoms in total. The molecule has 2 aromatic rings. The number of halogens is 3. The molecule has 2 atom stereocenters. The van der Waals surface area contributed by atoms with E-state index in [1.807, 2.05) is 29.6 Å². The Balaban J connectivity index is 0.00000156. The van der Waals surface area contributed by atoms with Gasteiger partial charge in [0, 0.05) is 23.0 Å². The minimum absolute atomic E-state index is 0. The van der Waals surface area contributed by atoms with Crippen LogP contribution in [0, 0.1) is 0 Å². The predicted molar refractivity (Wildman–Crippen MR) is 109 cm³/mol. The van der Waals surface area contributed by atoms with Gasteiger partial charge in [-0.2, -0.15) is 0 Å². The van der Waals surface area contributed by atoms with Crippen molar-refractivity contribution in [1.82, 2.24) is 15.6 Å². The quantitative estimate of drug-likeness (QED) is 0.779. The van der Waals surface area contributed by atoms with E-state index in [1.165, 1.54) is 11.3 Å². The van der Waals surface area contributed by atoms with E-state index in [4.69, 9.17) is 11.6 Å². The molecule has 0 aliphatic carbocycles. The number of amides is 1. The van der Waals surface area contributed by atoms with Crippen LogP contribution in [-0.4, -0.2) is 29.5 Å². The Bertz CT molecular complexity index is 695. The Hall–Kier alpha value is -0.850. The number of rotatable bonds is 4. The van der Waals surface area contributed by atoms with E-state index < -0.39 is 0 Å². The van der Waals surface area contributed by atoms with Crippen molar-refractivity contribution in [1.29, 1.82) is 0 Å². The number of nitrogens with zero attached hydrogens (tertiary/aromatic N) is 1. The van der Waals surface area contributed by atoms with Crippen LogP contribution in [0.15, 0.2) is 29.6 Å². The van der Waals surface area contributed by atoms with E-state index in [2.05, 4.69) is 22.5 Å². The molecule has 2 unspecified atom stereocenters. The van der Waals surface area contributed by atoms with Crippen molar-refractivity contribution in [3.63, 3.8) is 0 Å². The van der Waals surface area contributed by atoms with Crippen molar-refractivity contribution in [3.8, 4) is 10.6 Å². The molecule has 1 amide bonds. The highest BCUT2D eigenvalue weighted by atomic mass is 35.5. The first-order valence-electron chi connectivity index (χ1n) is 7.85. The maximum Gasteiger partial charge on any atom is 0.226 e. The van der Waals surface area contributed by atoms with E-state index in [9.17, 15) is 4.79 Å². The highest BCUT2D eigenvalue weighted by molar-refractivity contribution is 7.13. The van der Waals surface area contributed by atoms with E-state index in [1.54, 1.807) is 0 Å². The highest BCUT2D eigenvalue weighted by Crippen LogP contribution is 2.30.